The van der Waals surface area contributed by atoms with E-state index in [9.17, 15) is 30.8 Å². The number of hydrogen-bond donors (Lipinski definition) is 2. The second kappa shape index (κ2) is 7.84. The van der Waals surface area contributed by atoms with E-state index in [1.165, 1.54) is 13.2 Å². The van der Waals surface area contributed by atoms with Gasteiger partial charge in [-0.3, -0.25) is 9.52 Å². The Balaban J connectivity index is 2.62. The van der Waals surface area contributed by atoms with Crippen LogP contribution in [0.1, 0.15) is 21.9 Å². The predicted molar refractivity (Wildman–Crippen MR) is 82.8 cm³/mol. The van der Waals surface area contributed by atoms with Gasteiger partial charge in [-0.2, -0.15) is 13.8 Å². The molecule has 0 aliphatic carbocycles. The zero-order chi connectivity index (χ0) is 20.4. The van der Waals surface area contributed by atoms with E-state index >= 15 is 0 Å². The van der Waals surface area contributed by atoms with Gasteiger partial charge in [-0.15, -0.1) is 0 Å². The molecule has 0 saturated carbocycles. The summed E-state index contributed by atoms with van der Waals surface area (Å²) in [5, 5.41) is 9.14. The first-order valence-electron chi connectivity index (χ1n) is 6.96. The fourth-order valence-corrected chi connectivity index (χ4v) is 2.48. The largest absolute Gasteiger partial charge is 0.481 e. The van der Waals surface area contributed by atoms with Gasteiger partial charge in [0.2, 0.25) is 17.5 Å². The number of hydrogen-bond acceptors (Lipinski definition) is 7. The molecule has 0 unspecified atom stereocenters. The minimum Gasteiger partial charge on any atom is -0.481 e. The van der Waals surface area contributed by atoms with Crippen molar-refractivity contribution in [1.82, 2.24) is 9.97 Å². The molecular formula is C14H11F4N3O5S. The van der Waals surface area contributed by atoms with E-state index < -0.39 is 56.9 Å². The number of alkyl halides is 2. The topological polar surface area (TPSA) is 118 Å². The summed E-state index contributed by atoms with van der Waals surface area (Å²) < 4.78 is 81.2. The molecule has 0 aliphatic heterocycles. The average Bonchev–Trinajstić information content (AvgIpc) is 2.64. The first-order chi connectivity index (χ1) is 12.6. The SMILES string of the molecule is COc1cc(CO)nc(C(=O)c2ccc(F)c(F)c2NS(=O)(=O)C(F)F)n1. The summed E-state index contributed by atoms with van der Waals surface area (Å²) in [5.41, 5.74) is -2.21. The highest BCUT2D eigenvalue weighted by Gasteiger charge is 2.30. The fourth-order valence-electron chi connectivity index (χ4n) is 1.91. The zero-order valence-corrected chi connectivity index (χ0v) is 14.2. The van der Waals surface area contributed by atoms with Gasteiger partial charge in [-0.1, -0.05) is 0 Å². The van der Waals surface area contributed by atoms with Crippen molar-refractivity contribution < 1.29 is 40.6 Å². The van der Waals surface area contributed by atoms with Crippen LogP contribution < -0.4 is 9.46 Å². The third kappa shape index (κ3) is 4.31. The molecule has 0 saturated heterocycles. The first-order valence-corrected chi connectivity index (χ1v) is 8.50. The number of nitrogens with zero attached hydrogens (tertiary/aromatic N) is 2. The number of methoxy groups -OCH3 is 1. The molecule has 1 aromatic carbocycles. The fraction of sp³-hybridized carbons (Fsp3) is 0.214. The van der Waals surface area contributed by atoms with Gasteiger partial charge in [0, 0.05) is 6.07 Å². The van der Waals surface area contributed by atoms with E-state index in [-0.39, 0.29) is 11.6 Å². The van der Waals surface area contributed by atoms with Gasteiger partial charge >= 0.3 is 5.76 Å². The Labute approximate surface area is 149 Å². The third-order valence-electron chi connectivity index (χ3n) is 3.15. The van der Waals surface area contributed by atoms with Crippen LogP contribution in [0.4, 0.5) is 23.2 Å². The van der Waals surface area contributed by atoms with E-state index in [0.29, 0.717) is 12.1 Å². The van der Waals surface area contributed by atoms with Crippen molar-refractivity contribution in [2.24, 2.45) is 0 Å². The maximum absolute atomic E-state index is 14.0. The average molecular weight is 409 g/mol. The maximum Gasteiger partial charge on any atom is 0.355 e. The normalized spacial score (nSPS) is 11.5. The Bertz CT molecular complexity index is 963. The first kappa shape index (κ1) is 20.5. The number of carbonyl (C=O) groups excluding carboxylic acids is 1. The number of rotatable bonds is 7. The summed E-state index contributed by atoms with van der Waals surface area (Å²) in [6, 6.07) is 2.35. The summed E-state index contributed by atoms with van der Waals surface area (Å²) >= 11 is 0. The lowest BCUT2D eigenvalue weighted by Gasteiger charge is -2.13. The molecule has 0 atom stereocenters. The molecule has 8 nitrogen and oxygen atoms in total. The van der Waals surface area contributed by atoms with Crippen LogP contribution in [0.15, 0.2) is 18.2 Å². The number of sulfonamides is 1. The van der Waals surface area contributed by atoms with Gasteiger partial charge in [0.15, 0.2) is 11.6 Å². The molecule has 0 fully saturated rings. The molecule has 0 radical (unpaired) electrons. The molecule has 2 N–H and O–H groups in total. The van der Waals surface area contributed by atoms with Crippen LogP contribution in [0, 0.1) is 11.6 Å². The number of aliphatic hydroxyl groups excluding tert-OH is 1. The van der Waals surface area contributed by atoms with Crippen LogP contribution in [0.5, 0.6) is 5.88 Å². The Hall–Kier alpha value is -2.80. The molecule has 0 amide bonds. The van der Waals surface area contributed by atoms with E-state index in [1.54, 1.807) is 0 Å². The minimum atomic E-state index is -5.40. The smallest absolute Gasteiger partial charge is 0.355 e. The van der Waals surface area contributed by atoms with Crippen molar-refractivity contribution in [1.29, 1.82) is 0 Å². The Kier molecular flexibility index (Phi) is 5.95. The highest BCUT2D eigenvalue weighted by atomic mass is 32.2. The summed E-state index contributed by atoms with van der Waals surface area (Å²) in [7, 11) is -4.21. The maximum atomic E-state index is 14.0. The standard InChI is InChI=1S/C14H11F4N3O5S/c1-26-9-4-6(5-22)19-13(20-9)12(23)7-2-3-8(15)10(16)11(7)21-27(24,25)14(17)18/h2-4,14,21-22H,5H2,1H3. The van der Waals surface area contributed by atoms with Crippen molar-refractivity contribution in [3.63, 3.8) is 0 Å². The van der Waals surface area contributed by atoms with Gasteiger partial charge in [0.05, 0.1) is 30.7 Å². The van der Waals surface area contributed by atoms with Crippen molar-refractivity contribution >= 4 is 21.5 Å². The lowest BCUT2D eigenvalue weighted by atomic mass is 10.1. The van der Waals surface area contributed by atoms with Crippen molar-refractivity contribution in [3.05, 3.63) is 46.9 Å². The molecule has 1 heterocycles. The van der Waals surface area contributed by atoms with Crippen molar-refractivity contribution in [3.8, 4) is 5.88 Å². The number of aromatic nitrogens is 2. The second-order valence-electron chi connectivity index (χ2n) is 4.90. The Morgan fingerprint density at radius 2 is 1.96 bits per heavy atom. The van der Waals surface area contributed by atoms with Gasteiger partial charge < -0.3 is 9.84 Å². The van der Waals surface area contributed by atoms with Crippen molar-refractivity contribution in [2.75, 3.05) is 11.8 Å². The third-order valence-corrected chi connectivity index (χ3v) is 4.11. The second-order valence-corrected chi connectivity index (χ2v) is 6.55. The molecule has 1 aromatic heterocycles. The van der Waals surface area contributed by atoms with Crippen LogP contribution in [-0.2, 0) is 16.6 Å². The zero-order valence-electron chi connectivity index (χ0n) is 13.4. The lowest BCUT2D eigenvalue weighted by molar-refractivity contribution is 0.102. The molecule has 2 aromatic rings. The highest BCUT2D eigenvalue weighted by Crippen LogP contribution is 2.27. The summed E-state index contributed by atoms with van der Waals surface area (Å²) in [4.78, 5) is 19.9. The summed E-state index contributed by atoms with van der Waals surface area (Å²) in [6.45, 7) is -0.623. The van der Waals surface area contributed by atoms with Gasteiger partial charge in [-0.25, -0.2) is 22.2 Å². The number of halogens is 4. The van der Waals surface area contributed by atoms with E-state index in [1.807, 2.05) is 0 Å². The minimum absolute atomic E-state index is 0.0671. The predicted octanol–water partition coefficient (Wildman–Crippen LogP) is 1.45. The Morgan fingerprint density at radius 3 is 2.52 bits per heavy atom. The van der Waals surface area contributed by atoms with Crippen LogP contribution in [0.3, 0.4) is 0 Å². The molecule has 13 heteroatoms. The highest BCUT2D eigenvalue weighted by molar-refractivity contribution is 7.93. The lowest BCUT2D eigenvalue weighted by Crippen LogP contribution is -2.23. The summed E-state index contributed by atoms with van der Waals surface area (Å²) in [5.74, 6) is -9.46. The van der Waals surface area contributed by atoms with Gasteiger partial charge in [-0.05, 0) is 12.1 Å². The van der Waals surface area contributed by atoms with Crippen molar-refractivity contribution in [2.45, 2.75) is 12.4 Å². The number of carbonyl (C=O) groups is 1. The number of ether oxygens (including phenoxy) is 1. The molecule has 2 rings (SSSR count). The van der Waals surface area contributed by atoms with Gasteiger partial charge in [0.1, 0.15) is 0 Å². The number of aliphatic hydroxyl groups is 1. The van der Waals surface area contributed by atoms with Crippen LogP contribution in [0.2, 0.25) is 0 Å². The van der Waals surface area contributed by atoms with Crippen LogP contribution in [0.25, 0.3) is 0 Å². The number of nitrogens with one attached hydrogen (secondary N) is 1. The quantitative estimate of drug-likeness (QED) is 0.525. The molecule has 27 heavy (non-hydrogen) atoms. The van der Waals surface area contributed by atoms with Gasteiger partial charge in [0.25, 0.3) is 10.0 Å². The monoisotopic (exact) mass is 409 g/mol. The molecule has 0 bridgehead atoms. The molecule has 0 aliphatic rings. The summed E-state index contributed by atoms with van der Waals surface area (Å²) in [6.07, 6.45) is 0. The number of benzene rings is 1. The number of ketones is 1. The molecular weight excluding hydrogens is 398 g/mol. The Morgan fingerprint density at radius 1 is 1.30 bits per heavy atom. The van der Waals surface area contributed by atoms with E-state index in [0.717, 1.165) is 4.72 Å². The molecule has 146 valence electrons. The van der Waals surface area contributed by atoms with Crippen LogP contribution >= 0.6 is 0 Å². The molecule has 0 spiro atoms. The van der Waals surface area contributed by atoms with E-state index in [2.05, 4.69) is 9.97 Å². The number of anilines is 1. The van der Waals surface area contributed by atoms with Crippen LogP contribution in [-0.4, -0.2) is 42.1 Å². The van der Waals surface area contributed by atoms with E-state index in [4.69, 9.17) is 9.84 Å².